The molecule has 15 heavy (non-hydrogen) atoms. The van der Waals surface area contributed by atoms with Crippen LogP contribution in [0.4, 0.5) is 0 Å². The minimum absolute atomic E-state index is 0.881. The Hall–Kier alpha value is -0.900. The van der Waals surface area contributed by atoms with Crippen LogP contribution < -0.4 is 0 Å². The predicted molar refractivity (Wildman–Crippen MR) is 65.0 cm³/mol. The Balaban J connectivity index is 2.83. The van der Waals surface area contributed by atoms with Crippen molar-refractivity contribution in [3.05, 3.63) is 22.2 Å². The van der Waals surface area contributed by atoms with Crippen LogP contribution in [0.3, 0.4) is 0 Å². The van der Waals surface area contributed by atoms with E-state index in [4.69, 9.17) is 0 Å². The van der Waals surface area contributed by atoms with Gasteiger partial charge in [-0.1, -0.05) is 13.8 Å². The van der Waals surface area contributed by atoms with Crippen molar-refractivity contribution >= 4 is 27.0 Å². The fourth-order valence-corrected chi connectivity index (χ4v) is 2.47. The third kappa shape index (κ3) is 1.67. The van der Waals surface area contributed by atoms with Gasteiger partial charge in [0.1, 0.15) is 11.5 Å². The maximum Gasteiger partial charge on any atom is 0.144 e. The van der Waals surface area contributed by atoms with Gasteiger partial charge in [-0.15, -0.1) is 0 Å². The Labute approximate surface area is 97.7 Å². The van der Waals surface area contributed by atoms with Gasteiger partial charge in [-0.25, -0.2) is 9.97 Å². The highest BCUT2D eigenvalue weighted by Gasteiger charge is 2.12. The monoisotopic (exact) mass is 267 g/mol. The van der Waals surface area contributed by atoms with Crippen molar-refractivity contribution in [1.29, 1.82) is 0 Å². The van der Waals surface area contributed by atoms with Gasteiger partial charge >= 0.3 is 0 Å². The molecule has 0 atom stereocenters. The first-order chi connectivity index (χ1) is 7.17. The Kier molecular flexibility index (Phi) is 2.78. The maximum atomic E-state index is 4.56. The highest BCUT2D eigenvalue weighted by atomic mass is 79.9. The zero-order valence-electron chi connectivity index (χ0n) is 9.21. The summed E-state index contributed by atoms with van der Waals surface area (Å²) >= 11 is 3.55. The van der Waals surface area contributed by atoms with Crippen molar-refractivity contribution in [3.63, 3.8) is 0 Å². The molecular formula is C11H14BrN3. The summed E-state index contributed by atoms with van der Waals surface area (Å²) in [7, 11) is 2.01. The van der Waals surface area contributed by atoms with E-state index >= 15 is 0 Å². The lowest BCUT2D eigenvalue weighted by Crippen LogP contribution is -2.00. The molecule has 0 aliphatic heterocycles. The van der Waals surface area contributed by atoms with Crippen molar-refractivity contribution in [1.82, 2.24) is 14.5 Å². The van der Waals surface area contributed by atoms with Gasteiger partial charge in [-0.3, -0.25) is 0 Å². The number of nitrogens with zero attached hydrogens (tertiary/aromatic N) is 3. The van der Waals surface area contributed by atoms with E-state index in [1.165, 1.54) is 0 Å². The molecule has 2 aromatic heterocycles. The second-order valence-corrected chi connectivity index (χ2v) is 4.43. The van der Waals surface area contributed by atoms with Gasteiger partial charge in [0.2, 0.25) is 0 Å². The van der Waals surface area contributed by atoms with Crippen molar-refractivity contribution in [3.8, 4) is 0 Å². The number of hydrogen-bond donors (Lipinski definition) is 0. The smallest absolute Gasteiger partial charge is 0.144 e. The third-order valence-electron chi connectivity index (χ3n) is 2.54. The quantitative estimate of drug-likeness (QED) is 0.838. The normalized spacial score (nSPS) is 11.2. The number of halogens is 1. The van der Waals surface area contributed by atoms with E-state index in [-0.39, 0.29) is 0 Å². The molecule has 80 valence electrons. The van der Waals surface area contributed by atoms with Crippen LogP contribution in [-0.4, -0.2) is 14.5 Å². The van der Waals surface area contributed by atoms with E-state index in [9.17, 15) is 0 Å². The highest BCUT2D eigenvalue weighted by molar-refractivity contribution is 9.10. The Morgan fingerprint density at radius 3 is 2.60 bits per heavy atom. The minimum Gasteiger partial charge on any atom is -0.334 e. The van der Waals surface area contributed by atoms with Crippen molar-refractivity contribution in [2.45, 2.75) is 26.7 Å². The van der Waals surface area contributed by atoms with Crippen LogP contribution >= 0.6 is 15.9 Å². The standard InChI is InChI=1S/C11H14BrN3/c1-4-8-10-7(12)6-15(3)11(10)14-9(5-2)13-8/h6H,4-5H2,1-3H3. The van der Waals surface area contributed by atoms with Crippen LogP contribution in [0.15, 0.2) is 10.7 Å². The van der Waals surface area contributed by atoms with Gasteiger partial charge in [0, 0.05) is 24.1 Å². The number of hydrogen-bond acceptors (Lipinski definition) is 2. The molecule has 0 unspecified atom stereocenters. The van der Waals surface area contributed by atoms with Crippen molar-refractivity contribution < 1.29 is 0 Å². The molecule has 0 radical (unpaired) electrons. The zero-order chi connectivity index (χ0) is 11.0. The van der Waals surface area contributed by atoms with E-state index in [1.54, 1.807) is 0 Å². The van der Waals surface area contributed by atoms with E-state index in [0.717, 1.165) is 39.9 Å². The lowest BCUT2D eigenvalue weighted by Gasteiger charge is -2.03. The second-order valence-electron chi connectivity index (χ2n) is 3.58. The molecule has 0 saturated heterocycles. The third-order valence-corrected chi connectivity index (χ3v) is 3.14. The average Bonchev–Trinajstić information content (AvgIpc) is 2.53. The number of aromatic nitrogens is 3. The average molecular weight is 268 g/mol. The van der Waals surface area contributed by atoms with Crippen LogP contribution in [0.5, 0.6) is 0 Å². The molecule has 4 heteroatoms. The fraction of sp³-hybridized carbons (Fsp3) is 0.455. The lowest BCUT2D eigenvalue weighted by atomic mass is 10.2. The van der Waals surface area contributed by atoms with Crippen LogP contribution in [0.25, 0.3) is 11.0 Å². The lowest BCUT2D eigenvalue weighted by molar-refractivity contribution is 0.879. The molecule has 2 rings (SSSR count). The van der Waals surface area contributed by atoms with Gasteiger partial charge in [-0.05, 0) is 22.4 Å². The van der Waals surface area contributed by atoms with Crippen LogP contribution in [0.2, 0.25) is 0 Å². The van der Waals surface area contributed by atoms with E-state index < -0.39 is 0 Å². The van der Waals surface area contributed by atoms with Crippen LogP contribution in [0.1, 0.15) is 25.4 Å². The van der Waals surface area contributed by atoms with Gasteiger partial charge in [-0.2, -0.15) is 0 Å². The highest BCUT2D eigenvalue weighted by Crippen LogP contribution is 2.27. The summed E-state index contributed by atoms with van der Waals surface area (Å²) in [6, 6.07) is 0. The van der Waals surface area contributed by atoms with Crippen LogP contribution in [-0.2, 0) is 19.9 Å². The molecule has 0 fully saturated rings. The Morgan fingerprint density at radius 2 is 2.00 bits per heavy atom. The Bertz CT molecular complexity index is 502. The molecule has 0 saturated carbocycles. The molecule has 2 aromatic rings. The summed E-state index contributed by atoms with van der Waals surface area (Å²) in [4.78, 5) is 9.10. The zero-order valence-corrected chi connectivity index (χ0v) is 10.8. The second kappa shape index (κ2) is 3.93. The summed E-state index contributed by atoms with van der Waals surface area (Å²) in [5.74, 6) is 0.924. The summed E-state index contributed by atoms with van der Waals surface area (Å²) < 4.78 is 3.12. The summed E-state index contributed by atoms with van der Waals surface area (Å²) in [6.07, 6.45) is 3.86. The predicted octanol–water partition coefficient (Wildman–Crippen LogP) is 2.86. The summed E-state index contributed by atoms with van der Waals surface area (Å²) in [5.41, 5.74) is 2.15. The largest absolute Gasteiger partial charge is 0.334 e. The molecule has 3 nitrogen and oxygen atoms in total. The van der Waals surface area contributed by atoms with E-state index in [2.05, 4.69) is 39.7 Å². The molecule has 0 bridgehead atoms. The molecule has 0 N–H and O–H groups in total. The number of rotatable bonds is 2. The van der Waals surface area contributed by atoms with Gasteiger partial charge < -0.3 is 4.57 Å². The topological polar surface area (TPSA) is 30.7 Å². The number of aryl methyl sites for hydroxylation is 3. The van der Waals surface area contributed by atoms with Gasteiger partial charge in [0.05, 0.1) is 11.1 Å². The van der Waals surface area contributed by atoms with E-state index in [1.807, 2.05) is 17.8 Å². The van der Waals surface area contributed by atoms with Crippen LogP contribution in [0, 0.1) is 0 Å². The molecule has 0 aromatic carbocycles. The first-order valence-electron chi connectivity index (χ1n) is 5.17. The first-order valence-corrected chi connectivity index (χ1v) is 5.97. The maximum absolute atomic E-state index is 4.56. The van der Waals surface area contributed by atoms with Gasteiger partial charge in [0.25, 0.3) is 0 Å². The van der Waals surface area contributed by atoms with Crippen molar-refractivity contribution in [2.24, 2.45) is 7.05 Å². The molecule has 0 aliphatic carbocycles. The summed E-state index contributed by atoms with van der Waals surface area (Å²) in [6.45, 7) is 4.21. The van der Waals surface area contributed by atoms with Crippen molar-refractivity contribution in [2.75, 3.05) is 0 Å². The Morgan fingerprint density at radius 1 is 1.27 bits per heavy atom. The van der Waals surface area contributed by atoms with E-state index in [0.29, 0.717) is 0 Å². The molecule has 0 spiro atoms. The first kappa shape index (κ1) is 10.6. The molecule has 0 amide bonds. The number of fused-ring (bicyclic) bond motifs is 1. The molecular weight excluding hydrogens is 254 g/mol. The summed E-state index contributed by atoms with van der Waals surface area (Å²) in [5, 5.41) is 1.15. The molecule has 2 heterocycles. The fourth-order valence-electron chi connectivity index (χ4n) is 1.75. The molecule has 0 aliphatic rings. The SMILES string of the molecule is CCc1nc(CC)c2c(Br)cn(C)c2n1. The minimum atomic E-state index is 0.881. The van der Waals surface area contributed by atoms with Gasteiger partial charge in [0.15, 0.2) is 0 Å².